The smallest absolute Gasteiger partial charge is 0.276 e. The molecule has 0 aliphatic carbocycles. The van der Waals surface area contributed by atoms with E-state index in [2.05, 4.69) is 15.6 Å². The molecule has 8 heteroatoms. The summed E-state index contributed by atoms with van der Waals surface area (Å²) < 4.78 is 10.3. The molecule has 8 nitrogen and oxygen atoms in total. The summed E-state index contributed by atoms with van der Waals surface area (Å²) in [5, 5.41) is 10.3. The van der Waals surface area contributed by atoms with E-state index in [9.17, 15) is 9.59 Å². The van der Waals surface area contributed by atoms with Gasteiger partial charge in [-0.15, -0.1) is 0 Å². The molecule has 3 heterocycles. The lowest BCUT2D eigenvalue weighted by Gasteiger charge is -2.22. The van der Waals surface area contributed by atoms with Crippen molar-refractivity contribution < 1.29 is 18.6 Å². The number of aromatic nitrogens is 2. The second-order valence-corrected chi connectivity index (χ2v) is 6.41. The van der Waals surface area contributed by atoms with Crippen LogP contribution in [0.4, 0.5) is 5.82 Å². The highest BCUT2D eigenvalue weighted by Gasteiger charge is 2.36. The molecule has 3 aromatic rings. The molecule has 1 saturated heterocycles. The van der Waals surface area contributed by atoms with Gasteiger partial charge in [0.1, 0.15) is 11.8 Å². The normalized spacial score (nSPS) is 16.5. The molecule has 1 atom stereocenters. The largest absolute Gasteiger partial charge is 0.360 e. The van der Waals surface area contributed by atoms with Crippen LogP contribution in [0.25, 0.3) is 11.3 Å². The van der Waals surface area contributed by atoms with E-state index in [1.165, 1.54) is 4.90 Å². The van der Waals surface area contributed by atoms with E-state index in [1.54, 1.807) is 19.1 Å². The molecule has 0 unspecified atom stereocenters. The Balaban J connectivity index is 1.49. The van der Waals surface area contributed by atoms with Gasteiger partial charge in [-0.25, -0.2) is 0 Å². The molecule has 27 heavy (non-hydrogen) atoms. The number of anilines is 1. The predicted molar refractivity (Wildman–Crippen MR) is 95.9 cm³/mol. The van der Waals surface area contributed by atoms with Gasteiger partial charge < -0.3 is 19.3 Å². The molecule has 138 valence electrons. The fourth-order valence-corrected chi connectivity index (χ4v) is 3.18. The van der Waals surface area contributed by atoms with E-state index in [4.69, 9.17) is 9.05 Å². The van der Waals surface area contributed by atoms with Crippen molar-refractivity contribution in [3.63, 3.8) is 0 Å². The van der Waals surface area contributed by atoms with Gasteiger partial charge in [0, 0.05) is 24.2 Å². The molecule has 1 fully saturated rings. The lowest BCUT2D eigenvalue weighted by atomic mass is 10.1. The van der Waals surface area contributed by atoms with Crippen molar-refractivity contribution in [1.29, 1.82) is 0 Å². The number of rotatable bonds is 4. The number of likely N-dealkylation sites (tertiary alicyclic amines) is 1. The number of benzene rings is 1. The molecule has 0 saturated carbocycles. The van der Waals surface area contributed by atoms with Gasteiger partial charge in [-0.1, -0.05) is 40.6 Å². The summed E-state index contributed by atoms with van der Waals surface area (Å²) in [5.41, 5.74) is 1.02. The van der Waals surface area contributed by atoms with Gasteiger partial charge in [-0.2, -0.15) is 0 Å². The third-order valence-corrected chi connectivity index (χ3v) is 4.48. The van der Waals surface area contributed by atoms with Gasteiger partial charge in [0.25, 0.3) is 5.91 Å². The van der Waals surface area contributed by atoms with Crippen LogP contribution in [-0.2, 0) is 4.79 Å². The van der Waals surface area contributed by atoms with Crippen molar-refractivity contribution in [1.82, 2.24) is 15.2 Å². The van der Waals surface area contributed by atoms with Crippen LogP contribution in [0, 0.1) is 6.92 Å². The summed E-state index contributed by atoms with van der Waals surface area (Å²) >= 11 is 0. The van der Waals surface area contributed by atoms with Crippen molar-refractivity contribution in [3.05, 3.63) is 53.9 Å². The Hall–Kier alpha value is -3.42. The van der Waals surface area contributed by atoms with Crippen molar-refractivity contribution in [2.75, 3.05) is 11.9 Å². The Labute approximate surface area is 155 Å². The fraction of sp³-hybridized carbons (Fsp3) is 0.263. The molecule has 0 spiro atoms. The minimum absolute atomic E-state index is 0.186. The van der Waals surface area contributed by atoms with Gasteiger partial charge >= 0.3 is 0 Å². The molecule has 4 rings (SSSR count). The van der Waals surface area contributed by atoms with Gasteiger partial charge in [0.15, 0.2) is 17.3 Å². The standard InChI is InChI=1S/C19H18N4O4/c1-12-10-17(22-26-12)20-18(24)15-8-5-9-23(15)19(25)14-11-16(27-21-14)13-6-3-2-4-7-13/h2-4,6-7,10-11,15H,5,8-9H2,1H3,(H,20,22,24)/t15-/m0/s1. The molecule has 0 bridgehead atoms. The quantitative estimate of drug-likeness (QED) is 0.762. The second-order valence-electron chi connectivity index (χ2n) is 6.41. The SMILES string of the molecule is Cc1cc(NC(=O)[C@@H]2CCCN2C(=O)c2cc(-c3ccccc3)on2)no1. The third-order valence-electron chi connectivity index (χ3n) is 4.48. The molecule has 2 aromatic heterocycles. The van der Waals surface area contributed by atoms with Crippen molar-refractivity contribution in [3.8, 4) is 11.3 Å². The van der Waals surface area contributed by atoms with Gasteiger partial charge in [0.05, 0.1) is 0 Å². The Bertz CT molecular complexity index is 963. The molecular weight excluding hydrogens is 348 g/mol. The summed E-state index contributed by atoms with van der Waals surface area (Å²) in [4.78, 5) is 26.9. The highest BCUT2D eigenvalue weighted by atomic mass is 16.5. The third kappa shape index (κ3) is 3.46. The molecule has 0 radical (unpaired) electrons. The summed E-state index contributed by atoms with van der Waals surface area (Å²) in [5.74, 6) is 0.832. The maximum absolute atomic E-state index is 12.9. The minimum Gasteiger partial charge on any atom is -0.360 e. The van der Waals surface area contributed by atoms with Gasteiger partial charge in [0.2, 0.25) is 5.91 Å². The Kier molecular flexibility index (Phi) is 4.45. The summed E-state index contributed by atoms with van der Waals surface area (Å²) in [7, 11) is 0. The predicted octanol–water partition coefficient (Wildman–Crippen LogP) is 2.88. The fourth-order valence-electron chi connectivity index (χ4n) is 3.18. The average molecular weight is 366 g/mol. The summed E-state index contributed by atoms with van der Waals surface area (Å²) in [6, 6.07) is 12.1. The highest BCUT2D eigenvalue weighted by molar-refractivity contribution is 6.00. The van der Waals surface area contributed by atoms with Gasteiger partial charge in [-0.05, 0) is 19.8 Å². The van der Waals surface area contributed by atoms with Crippen LogP contribution in [0.2, 0.25) is 0 Å². The number of aryl methyl sites for hydroxylation is 1. The first kappa shape index (κ1) is 17.0. The number of carbonyl (C=O) groups is 2. The molecule has 2 amide bonds. The maximum atomic E-state index is 12.9. The zero-order chi connectivity index (χ0) is 18.8. The Morgan fingerprint density at radius 2 is 1.96 bits per heavy atom. The number of carbonyl (C=O) groups excluding carboxylic acids is 2. The van der Waals surface area contributed by atoms with Crippen LogP contribution in [-0.4, -0.2) is 39.6 Å². The van der Waals surface area contributed by atoms with E-state index >= 15 is 0 Å². The van der Waals surface area contributed by atoms with Crippen LogP contribution in [0.15, 0.2) is 51.5 Å². The number of nitrogens with one attached hydrogen (secondary N) is 1. The van der Waals surface area contributed by atoms with E-state index in [0.717, 1.165) is 12.0 Å². The molecule has 1 aliphatic rings. The molecular formula is C19H18N4O4. The zero-order valence-electron chi connectivity index (χ0n) is 14.7. The minimum atomic E-state index is -0.577. The van der Waals surface area contributed by atoms with E-state index in [-0.39, 0.29) is 17.5 Å². The maximum Gasteiger partial charge on any atom is 0.276 e. The number of hydrogen-bond donors (Lipinski definition) is 1. The van der Waals surface area contributed by atoms with Crippen LogP contribution >= 0.6 is 0 Å². The van der Waals surface area contributed by atoms with E-state index in [1.807, 2.05) is 30.3 Å². The number of hydrogen-bond acceptors (Lipinski definition) is 6. The molecule has 1 aromatic carbocycles. The number of amides is 2. The lowest BCUT2D eigenvalue weighted by molar-refractivity contribution is -0.119. The molecule has 1 aliphatic heterocycles. The van der Waals surface area contributed by atoms with Crippen LogP contribution < -0.4 is 5.32 Å². The monoisotopic (exact) mass is 366 g/mol. The van der Waals surface area contributed by atoms with Crippen LogP contribution in [0.1, 0.15) is 29.1 Å². The molecule has 1 N–H and O–H groups in total. The summed E-state index contributed by atoms with van der Waals surface area (Å²) in [6.07, 6.45) is 1.32. The number of nitrogens with zero attached hydrogens (tertiary/aromatic N) is 3. The first-order chi connectivity index (χ1) is 13.1. The van der Waals surface area contributed by atoms with E-state index < -0.39 is 6.04 Å². The lowest BCUT2D eigenvalue weighted by Crippen LogP contribution is -2.43. The first-order valence-electron chi connectivity index (χ1n) is 8.69. The van der Waals surface area contributed by atoms with Crippen molar-refractivity contribution in [2.45, 2.75) is 25.8 Å². The van der Waals surface area contributed by atoms with Crippen LogP contribution in [0.3, 0.4) is 0 Å². The van der Waals surface area contributed by atoms with E-state index in [0.29, 0.717) is 30.3 Å². The topological polar surface area (TPSA) is 101 Å². The van der Waals surface area contributed by atoms with Gasteiger partial charge in [-0.3, -0.25) is 9.59 Å². The van der Waals surface area contributed by atoms with Crippen molar-refractivity contribution >= 4 is 17.6 Å². The Morgan fingerprint density at radius 3 is 2.70 bits per heavy atom. The summed E-state index contributed by atoms with van der Waals surface area (Å²) in [6.45, 7) is 2.23. The Morgan fingerprint density at radius 1 is 1.15 bits per heavy atom. The average Bonchev–Trinajstić information content (AvgIpc) is 3.42. The highest BCUT2D eigenvalue weighted by Crippen LogP contribution is 2.24. The van der Waals surface area contributed by atoms with Crippen LogP contribution in [0.5, 0.6) is 0 Å². The zero-order valence-corrected chi connectivity index (χ0v) is 14.7. The van der Waals surface area contributed by atoms with Crippen molar-refractivity contribution in [2.24, 2.45) is 0 Å². The first-order valence-corrected chi connectivity index (χ1v) is 8.69. The second kappa shape index (κ2) is 7.06.